The third-order valence-electron chi connectivity index (χ3n) is 5.16. The van der Waals surface area contributed by atoms with Crippen LogP contribution in [0.3, 0.4) is 0 Å². The Bertz CT molecular complexity index is 728. The van der Waals surface area contributed by atoms with Gasteiger partial charge in [0.1, 0.15) is 10.7 Å². The molecule has 3 unspecified atom stereocenters. The molecule has 2 heterocycles. The van der Waals surface area contributed by atoms with Crippen LogP contribution in [0.15, 0.2) is 30.3 Å². The third-order valence-corrected chi connectivity index (χ3v) is 9.66. The fourth-order valence-electron chi connectivity index (χ4n) is 3.50. The second-order valence-electron chi connectivity index (χ2n) is 7.34. The minimum atomic E-state index is -1.45. The zero-order chi connectivity index (χ0) is 21.6. The maximum atomic E-state index is 14.7. The molecule has 30 heavy (non-hydrogen) atoms. The fraction of sp³-hybridized carbons (Fsp3) is 0.579. The van der Waals surface area contributed by atoms with Gasteiger partial charge in [0, 0.05) is 12.3 Å². The SMILES string of the molecule is NC(=O)C1(Br)C(NC(=O)NCCCN2CCCC2)SN(F)C1SCc1ccccc1. The molecule has 0 spiro atoms. The van der Waals surface area contributed by atoms with E-state index in [9.17, 15) is 14.1 Å². The van der Waals surface area contributed by atoms with Gasteiger partial charge < -0.3 is 21.3 Å². The molecule has 1 aromatic carbocycles. The van der Waals surface area contributed by atoms with E-state index in [0.717, 1.165) is 43.6 Å². The molecule has 2 aliphatic heterocycles. The van der Waals surface area contributed by atoms with Crippen LogP contribution < -0.4 is 16.4 Å². The van der Waals surface area contributed by atoms with Crippen LogP contribution in [0.5, 0.6) is 0 Å². The highest BCUT2D eigenvalue weighted by Gasteiger charge is 2.60. The Kier molecular flexibility index (Phi) is 8.70. The Labute approximate surface area is 193 Å². The van der Waals surface area contributed by atoms with Crippen molar-refractivity contribution in [3.05, 3.63) is 35.9 Å². The van der Waals surface area contributed by atoms with Crippen molar-refractivity contribution in [3.8, 4) is 0 Å². The van der Waals surface area contributed by atoms with Crippen molar-refractivity contribution < 1.29 is 14.1 Å². The van der Waals surface area contributed by atoms with Gasteiger partial charge in [-0.2, -0.15) is 0 Å². The Balaban J connectivity index is 1.52. The third kappa shape index (κ3) is 5.82. The molecule has 166 valence electrons. The number of nitrogens with one attached hydrogen (secondary N) is 2. The number of carbonyl (C=O) groups is 2. The number of primary amides is 1. The Morgan fingerprint density at radius 2 is 2.00 bits per heavy atom. The zero-order valence-corrected chi connectivity index (χ0v) is 19.8. The van der Waals surface area contributed by atoms with Crippen molar-refractivity contribution in [3.63, 3.8) is 0 Å². The molecule has 3 amide bonds. The summed E-state index contributed by atoms with van der Waals surface area (Å²) in [5.41, 5.74) is 6.63. The first-order chi connectivity index (χ1) is 14.4. The minimum absolute atomic E-state index is 0.443. The number of carbonyl (C=O) groups excluding carboxylic acids is 2. The number of benzene rings is 1. The molecular weight excluding hydrogens is 493 g/mol. The molecule has 4 N–H and O–H groups in total. The van der Waals surface area contributed by atoms with Crippen LogP contribution in [0, 0.1) is 0 Å². The number of hydrogen-bond acceptors (Lipinski definition) is 6. The number of amides is 3. The van der Waals surface area contributed by atoms with E-state index in [4.69, 9.17) is 5.73 Å². The van der Waals surface area contributed by atoms with Gasteiger partial charge in [0.15, 0.2) is 4.32 Å². The Hall–Kier alpha value is -1.01. The van der Waals surface area contributed by atoms with Crippen molar-refractivity contribution in [2.24, 2.45) is 5.73 Å². The van der Waals surface area contributed by atoms with Gasteiger partial charge >= 0.3 is 6.03 Å². The summed E-state index contributed by atoms with van der Waals surface area (Å²) in [6, 6.07) is 9.14. The molecule has 2 fully saturated rings. The van der Waals surface area contributed by atoms with Crippen LogP contribution in [0.1, 0.15) is 24.8 Å². The number of urea groups is 1. The van der Waals surface area contributed by atoms with E-state index in [1.54, 1.807) is 0 Å². The van der Waals surface area contributed by atoms with Gasteiger partial charge in [0.25, 0.3) is 0 Å². The van der Waals surface area contributed by atoms with Gasteiger partial charge in [-0.25, -0.2) is 4.79 Å². The van der Waals surface area contributed by atoms with Crippen molar-refractivity contribution in [2.75, 3.05) is 26.2 Å². The summed E-state index contributed by atoms with van der Waals surface area (Å²) < 4.78 is 13.7. The molecule has 0 aromatic heterocycles. The maximum Gasteiger partial charge on any atom is 0.315 e. The summed E-state index contributed by atoms with van der Waals surface area (Å²) in [7, 11) is 0. The second-order valence-corrected chi connectivity index (χ2v) is 10.8. The first-order valence-corrected chi connectivity index (χ1v) is 12.6. The summed E-state index contributed by atoms with van der Waals surface area (Å²) in [4.78, 5) is 27.0. The van der Waals surface area contributed by atoms with Crippen LogP contribution in [0.2, 0.25) is 0 Å². The van der Waals surface area contributed by atoms with E-state index in [1.165, 1.54) is 24.6 Å². The predicted octanol–water partition coefficient (Wildman–Crippen LogP) is 2.82. The van der Waals surface area contributed by atoms with E-state index in [2.05, 4.69) is 31.5 Å². The lowest BCUT2D eigenvalue weighted by Gasteiger charge is -2.29. The van der Waals surface area contributed by atoms with Crippen LogP contribution in [0.4, 0.5) is 9.28 Å². The highest BCUT2D eigenvalue weighted by molar-refractivity contribution is 9.10. The normalized spacial score (nSPS) is 27.3. The molecule has 0 bridgehead atoms. The van der Waals surface area contributed by atoms with Crippen LogP contribution in [0.25, 0.3) is 0 Å². The van der Waals surface area contributed by atoms with E-state index in [-0.39, 0.29) is 0 Å². The molecule has 3 rings (SSSR count). The molecule has 0 aliphatic carbocycles. The van der Waals surface area contributed by atoms with Crippen molar-refractivity contribution >= 4 is 51.6 Å². The monoisotopic (exact) mass is 519 g/mol. The lowest BCUT2D eigenvalue weighted by Crippen LogP contribution is -2.58. The average molecular weight is 520 g/mol. The molecule has 0 radical (unpaired) electrons. The highest BCUT2D eigenvalue weighted by Crippen LogP contribution is 2.51. The number of likely N-dealkylation sites (tertiary alicyclic amines) is 1. The van der Waals surface area contributed by atoms with Gasteiger partial charge in [-0.05, 0) is 56.4 Å². The average Bonchev–Trinajstić information content (AvgIpc) is 3.32. The number of nitrogens with zero attached hydrogens (tertiary/aromatic N) is 2. The van der Waals surface area contributed by atoms with Crippen molar-refractivity contribution in [1.29, 1.82) is 0 Å². The van der Waals surface area contributed by atoms with Crippen molar-refractivity contribution in [1.82, 2.24) is 20.1 Å². The smallest absolute Gasteiger partial charge is 0.315 e. The van der Waals surface area contributed by atoms with E-state index in [1.807, 2.05) is 30.3 Å². The molecule has 1 aromatic rings. The quantitative estimate of drug-likeness (QED) is 0.201. The summed E-state index contributed by atoms with van der Waals surface area (Å²) in [6.07, 6.45) is 3.30. The molecule has 7 nitrogen and oxygen atoms in total. The standard InChI is InChI=1S/C19H27BrFN5O2S2/c20-19(15(22)27)16(24-18(28)23-9-6-12-25-10-4-5-11-25)30-26(21)17(19)29-13-14-7-2-1-3-8-14/h1-3,7-8,16-17H,4-6,9-13H2,(H2,22,27)(H2,23,24,28). The van der Waals surface area contributed by atoms with E-state index < -0.39 is 27.0 Å². The van der Waals surface area contributed by atoms with Crippen LogP contribution in [-0.4, -0.2) is 62.6 Å². The molecule has 11 heteroatoms. The van der Waals surface area contributed by atoms with E-state index >= 15 is 0 Å². The number of nitrogens with two attached hydrogens (primary N) is 1. The maximum absolute atomic E-state index is 14.7. The van der Waals surface area contributed by atoms with Crippen LogP contribution >= 0.6 is 39.6 Å². The van der Waals surface area contributed by atoms with Crippen LogP contribution in [-0.2, 0) is 10.5 Å². The predicted molar refractivity (Wildman–Crippen MR) is 124 cm³/mol. The number of hydrogen-bond donors (Lipinski definition) is 3. The zero-order valence-electron chi connectivity index (χ0n) is 16.6. The molecule has 0 saturated carbocycles. The number of rotatable bonds is 9. The minimum Gasteiger partial charge on any atom is -0.368 e. The van der Waals surface area contributed by atoms with Gasteiger partial charge in [-0.1, -0.05) is 50.8 Å². The number of halogens is 2. The second kappa shape index (κ2) is 11.0. The van der Waals surface area contributed by atoms with Gasteiger partial charge in [0.05, 0.1) is 0 Å². The summed E-state index contributed by atoms with van der Waals surface area (Å²) in [5, 5.41) is 3.72. The number of alkyl halides is 1. The summed E-state index contributed by atoms with van der Waals surface area (Å²) in [6.45, 7) is 3.68. The molecule has 3 atom stereocenters. The van der Waals surface area contributed by atoms with Crippen molar-refractivity contribution in [2.45, 2.75) is 40.1 Å². The Morgan fingerprint density at radius 3 is 2.67 bits per heavy atom. The molecule has 2 aliphatic rings. The lowest BCUT2D eigenvalue weighted by molar-refractivity contribution is -0.120. The van der Waals surface area contributed by atoms with Gasteiger partial charge in [0.2, 0.25) is 5.91 Å². The first-order valence-electron chi connectivity index (χ1n) is 9.94. The highest BCUT2D eigenvalue weighted by atomic mass is 79.9. The summed E-state index contributed by atoms with van der Waals surface area (Å²) in [5.74, 6) is -0.220. The molecular formula is C19H27BrFN5O2S2. The Morgan fingerprint density at radius 1 is 1.30 bits per heavy atom. The van der Waals surface area contributed by atoms with E-state index in [0.29, 0.717) is 16.8 Å². The lowest BCUT2D eigenvalue weighted by atomic mass is 10.1. The topological polar surface area (TPSA) is 90.7 Å². The summed E-state index contributed by atoms with van der Waals surface area (Å²) >= 11 is 5.37. The van der Waals surface area contributed by atoms with Gasteiger partial charge in [-0.3, -0.25) is 4.79 Å². The van der Waals surface area contributed by atoms with Gasteiger partial charge in [-0.15, -0.1) is 16.2 Å². The fourth-order valence-corrected chi connectivity index (χ4v) is 7.19. The number of thioether (sulfide) groups is 1. The molecule has 2 saturated heterocycles. The first kappa shape index (κ1) is 23.6. The largest absolute Gasteiger partial charge is 0.368 e.